The highest BCUT2D eigenvalue weighted by Gasteiger charge is 2.40. The van der Waals surface area contributed by atoms with Crippen LogP contribution in [0, 0.1) is 11.3 Å². The topological polar surface area (TPSA) is 119 Å². The Morgan fingerprint density at radius 1 is 1.12 bits per heavy atom. The van der Waals surface area contributed by atoms with E-state index in [1.807, 2.05) is 6.07 Å². The Hall–Kier alpha value is -3.08. The molecule has 1 aliphatic heterocycles. The molecule has 8 nitrogen and oxygen atoms in total. The first kappa shape index (κ1) is 24.6. The van der Waals surface area contributed by atoms with Crippen molar-refractivity contribution in [3.8, 4) is 6.07 Å². The van der Waals surface area contributed by atoms with E-state index in [0.717, 1.165) is 28.6 Å². The number of alkyl halides is 3. The lowest BCUT2D eigenvalue weighted by molar-refractivity contribution is -0.123. The number of carbonyl (C=O) groups excluding carboxylic acids is 2. The summed E-state index contributed by atoms with van der Waals surface area (Å²) in [7, 11) is -4.12. The molecule has 2 amide bonds. The van der Waals surface area contributed by atoms with E-state index in [9.17, 15) is 31.2 Å². The molecule has 0 unspecified atom stereocenters. The summed E-state index contributed by atoms with van der Waals surface area (Å²) >= 11 is 1.25. The highest BCUT2D eigenvalue weighted by molar-refractivity contribution is 8.00. The minimum Gasteiger partial charge on any atom is -0.343 e. The van der Waals surface area contributed by atoms with E-state index in [-0.39, 0.29) is 22.1 Å². The number of sulfonamides is 1. The van der Waals surface area contributed by atoms with E-state index in [1.54, 1.807) is 5.32 Å². The highest BCUT2D eigenvalue weighted by Crippen LogP contribution is 2.29. The van der Waals surface area contributed by atoms with Gasteiger partial charge in [0.1, 0.15) is 12.6 Å². The molecule has 174 valence electrons. The van der Waals surface area contributed by atoms with Gasteiger partial charge in [0.2, 0.25) is 15.9 Å². The molecule has 2 N–H and O–H groups in total. The number of nitriles is 1. The van der Waals surface area contributed by atoms with Crippen LogP contribution in [0.4, 0.5) is 18.9 Å². The van der Waals surface area contributed by atoms with Crippen molar-refractivity contribution in [2.45, 2.75) is 17.1 Å². The molecule has 0 radical (unpaired) electrons. The summed E-state index contributed by atoms with van der Waals surface area (Å²) in [6, 6.07) is 11.5. The molecule has 3 rings (SSSR count). The Bertz CT molecular complexity index is 1180. The zero-order valence-corrected chi connectivity index (χ0v) is 18.4. The van der Waals surface area contributed by atoms with Crippen LogP contribution in [0.3, 0.4) is 0 Å². The number of thioether (sulfide) groups is 1. The molecule has 2 aromatic rings. The molecule has 0 saturated carbocycles. The molecule has 0 aliphatic carbocycles. The maximum Gasteiger partial charge on any atom is 0.405 e. The Morgan fingerprint density at radius 2 is 1.76 bits per heavy atom. The summed E-state index contributed by atoms with van der Waals surface area (Å²) in [4.78, 5) is 24.3. The molecule has 33 heavy (non-hydrogen) atoms. The second-order valence-corrected chi connectivity index (χ2v) is 9.80. The average Bonchev–Trinajstić information content (AvgIpc) is 3.29. The Kier molecular flexibility index (Phi) is 7.31. The number of nitrogens with zero attached hydrogens (tertiary/aromatic N) is 2. The molecule has 13 heteroatoms. The van der Waals surface area contributed by atoms with E-state index >= 15 is 0 Å². The van der Waals surface area contributed by atoms with Crippen LogP contribution in [-0.2, 0) is 14.8 Å². The van der Waals surface area contributed by atoms with E-state index < -0.39 is 40.6 Å². The molecule has 0 bridgehead atoms. The maximum absolute atomic E-state index is 13.1. The van der Waals surface area contributed by atoms with Gasteiger partial charge in [-0.15, -0.1) is 11.8 Å². The first-order valence-electron chi connectivity index (χ1n) is 9.37. The number of halogens is 3. The van der Waals surface area contributed by atoms with Crippen molar-refractivity contribution in [2.75, 3.05) is 23.5 Å². The Morgan fingerprint density at radius 3 is 2.33 bits per heavy atom. The molecular weight excluding hydrogens is 481 g/mol. The van der Waals surface area contributed by atoms with E-state index in [0.29, 0.717) is 11.3 Å². The van der Waals surface area contributed by atoms with Crippen molar-refractivity contribution in [1.29, 1.82) is 5.26 Å². The smallest absolute Gasteiger partial charge is 0.343 e. The molecule has 0 aromatic heterocycles. The Labute approximate surface area is 191 Å². The fourth-order valence-electron chi connectivity index (χ4n) is 2.92. The third kappa shape index (κ3) is 6.04. The van der Waals surface area contributed by atoms with Crippen LogP contribution < -0.4 is 10.6 Å². The van der Waals surface area contributed by atoms with Gasteiger partial charge in [-0.05, 0) is 48.5 Å². The van der Waals surface area contributed by atoms with Gasteiger partial charge < -0.3 is 10.6 Å². The first-order chi connectivity index (χ1) is 15.5. The van der Waals surface area contributed by atoms with Gasteiger partial charge in [-0.25, -0.2) is 8.42 Å². The lowest BCUT2D eigenvalue weighted by atomic mass is 10.2. The number of hydrogen-bond acceptors (Lipinski definition) is 6. The van der Waals surface area contributed by atoms with Crippen molar-refractivity contribution in [1.82, 2.24) is 9.62 Å². The van der Waals surface area contributed by atoms with Crippen LogP contribution in [0.5, 0.6) is 0 Å². The zero-order valence-electron chi connectivity index (χ0n) is 16.8. The fourth-order valence-corrected chi connectivity index (χ4v) is 6.07. The molecule has 2 aromatic carbocycles. The van der Waals surface area contributed by atoms with Crippen LogP contribution in [0.25, 0.3) is 0 Å². The maximum atomic E-state index is 13.1. The highest BCUT2D eigenvalue weighted by atomic mass is 32.2. The number of amides is 2. The first-order valence-corrected chi connectivity index (χ1v) is 12.0. The lowest BCUT2D eigenvalue weighted by Crippen LogP contribution is -2.44. The number of nitrogens with one attached hydrogen (secondary N) is 2. The predicted octanol–water partition coefficient (Wildman–Crippen LogP) is 2.55. The van der Waals surface area contributed by atoms with E-state index in [2.05, 4.69) is 5.32 Å². The van der Waals surface area contributed by atoms with Gasteiger partial charge in [0.05, 0.1) is 22.4 Å². The standard InChI is InChI=1S/C20H17F3N4O4S2/c21-20(22,23)11-25-18(28)14-3-7-16(8-4-14)33(30,31)27-12-32-10-17(27)19(29)26-15-5-1-13(9-24)2-6-15/h1-8,17H,10-12H2,(H,25,28)(H,26,29)/t17-/m1/s1. The van der Waals surface area contributed by atoms with Crippen molar-refractivity contribution >= 4 is 39.3 Å². The van der Waals surface area contributed by atoms with Gasteiger partial charge in [-0.3, -0.25) is 9.59 Å². The van der Waals surface area contributed by atoms with Gasteiger partial charge >= 0.3 is 6.18 Å². The molecule has 1 saturated heterocycles. The molecular formula is C20H17F3N4O4S2. The Balaban J connectivity index is 1.72. The van der Waals surface area contributed by atoms with Gasteiger partial charge in [0.15, 0.2) is 0 Å². The summed E-state index contributed by atoms with van der Waals surface area (Å²) < 4.78 is 63.9. The molecule has 1 fully saturated rings. The summed E-state index contributed by atoms with van der Waals surface area (Å²) in [5, 5.41) is 13.2. The number of hydrogen-bond donors (Lipinski definition) is 2. The number of benzene rings is 2. The minimum absolute atomic E-state index is 0.0294. The predicted molar refractivity (Wildman–Crippen MR) is 115 cm³/mol. The SMILES string of the molecule is N#Cc1ccc(NC(=O)[C@H]2CSCN2S(=O)(=O)c2ccc(C(=O)NCC(F)(F)F)cc2)cc1. The minimum atomic E-state index is -4.57. The summed E-state index contributed by atoms with van der Waals surface area (Å²) in [5.74, 6) is -1.29. The lowest BCUT2D eigenvalue weighted by Gasteiger charge is -2.22. The van der Waals surface area contributed by atoms with Crippen LogP contribution in [0.2, 0.25) is 0 Å². The number of rotatable bonds is 6. The van der Waals surface area contributed by atoms with E-state index in [1.165, 1.54) is 36.0 Å². The summed E-state index contributed by atoms with van der Waals surface area (Å²) in [6.45, 7) is -1.51. The number of anilines is 1. The van der Waals surface area contributed by atoms with Crippen LogP contribution in [0.1, 0.15) is 15.9 Å². The normalized spacial score (nSPS) is 16.7. The van der Waals surface area contributed by atoms with Crippen LogP contribution in [-0.4, -0.2) is 54.9 Å². The van der Waals surface area contributed by atoms with Gasteiger partial charge in [0.25, 0.3) is 5.91 Å². The van der Waals surface area contributed by atoms with Gasteiger partial charge in [0, 0.05) is 17.0 Å². The molecule has 1 atom stereocenters. The third-order valence-electron chi connectivity index (χ3n) is 4.60. The third-order valence-corrected chi connectivity index (χ3v) is 7.64. The second kappa shape index (κ2) is 9.82. The quantitative estimate of drug-likeness (QED) is 0.632. The summed E-state index contributed by atoms with van der Waals surface area (Å²) in [5.41, 5.74) is 0.677. The van der Waals surface area contributed by atoms with Crippen molar-refractivity contribution in [3.63, 3.8) is 0 Å². The molecule has 1 aliphatic rings. The largest absolute Gasteiger partial charge is 0.405 e. The molecule has 1 heterocycles. The second-order valence-electron chi connectivity index (χ2n) is 6.91. The van der Waals surface area contributed by atoms with E-state index in [4.69, 9.17) is 5.26 Å². The number of carbonyl (C=O) groups is 2. The molecule has 0 spiro atoms. The van der Waals surface area contributed by atoms with Crippen molar-refractivity contribution in [2.24, 2.45) is 0 Å². The van der Waals surface area contributed by atoms with Crippen LogP contribution >= 0.6 is 11.8 Å². The summed E-state index contributed by atoms with van der Waals surface area (Å²) in [6.07, 6.45) is -4.57. The van der Waals surface area contributed by atoms with Gasteiger partial charge in [-0.1, -0.05) is 0 Å². The van der Waals surface area contributed by atoms with Gasteiger partial charge in [-0.2, -0.15) is 22.7 Å². The van der Waals surface area contributed by atoms with Crippen LogP contribution in [0.15, 0.2) is 53.4 Å². The monoisotopic (exact) mass is 498 g/mol. The fraction of sp³-hybridized carbons (Fsp3) is 0.250. The zero-order chi connectivity index (χ0) is 24.2. The van der Waals surface area contributed by atoms with Crippen molar-refractivity contribution in [3.05, 3.63) is 59.7 Å². The average molecular weight is 499 g/mol. The van der Waals surface area contributed by atoms with Crippen molar-refractivity contribution < 1.29 is 31.2 Å².